The van der Waals surface area contributed by atoms with Crippen LogP contribution >= 0.6 is 23.7 Å². The number of hydrogen-bond donors (Lipinski definition) is 3. The highest BCUT2D eigenvalue weighted by atomic mass is 35.5. The summed E-state index contributed by atoms with van der Waals surface area (Å²) in [4.78, 5) is 28.1. The largest absolute Gasteiger partial charge is 0.416 e. The topological polar surface area (TPSA) is 73.5 Å². The van der Waals surface area contributed by atoms with Crippen LogP contribution in [0, 0.1) is 5.92 Å². The Labute approximate surface area is 210 Å². The standard InChI is InChI=1S/C24H23F3N4O2S.ClH/c25-24(26,27)16-2-1-3-17(11-16)28-23(33)29-18-5-4-15-10-21(34-20(15)12-18)22(32)30-19-13-31-8-6-14(19)7-9-31;/h1-5,10-12,14,19H,6-9,13H2,(H,30,32)(H2,28,29,33);1H/t19-;/m0./s1. The number of anilines is 2. The van der Waals surface area contributed by atoms with Gasteiger partial charge in [0.15, 0.2) is 0 Å². The molecule has 0 saturated carbocycles. The molecule has 3 aromatic rings. The molecule has 1 atom stereocenters. The second kappa shape index (κ2) is 10.0. The van der Waals surface area contributed by atoms with Crippen LogP contribution in [-0.4, -0.2) is 42.5 Å². The minimum atomic E-state index is -4.49. The molecular weight excluding hydrogens is 501 g/mol. The number of rotatable bonds is 4. The summed E-state index contributed by atoms with van der Waals surface area (Å²) in [5.74, 6) is 0.450. The van der Waals surface area contributed by atoms with Gasteiger partial charge in [-0.25, -0.2) is 4.79 Å². The molecule has 6 nitrogen and oxygen atoms in total. The molecule has 186 valence electrons. The van der Waals surface area contributed by atoms with E-state index in [1.54, 1.807) is 18.2 Å². The fourth-order valence-electron chi connectivity index (χ4n) is 4.66. The Bertz CT molecular complexity index is 1240. The van der Waals surface area contributed by atoms with E-state index in [1.165, 1.54) is 23.5 Å². The van der Waals surface area contributed by atoms with Crippen LogP contribution in [0.15, 0.2) is 48.5 Å². The maximum Gasteiger partial charge on any atom is 0.416 e. The third-order valence-corrected chi connectivity index (χ3v) is 7.52. The quantitative estimate of drug-likeness (QED) is 0.403. The van der Waals surface area contributed by atoms with E-state index in [9.17, 15) is 22.8 Å². The molecule has 35 heavy (non-hydrogen) atoms. The lowest BCUT2D eigenvalue weighted by atomic mass is 9.84. The summed E-state index contributed by atoms with van der Waals surface area (Å²) in [5, 5.41) is 9.12. The lowest BCUT2D eigenvalue weighted by Crippen LogP contribution is -2.57. The Morgan fingerprint density at radius 3 is 2.34 bits per heavy atom. The Kier molecular flexibility index (Phi) is 7.25. The molecule has 3 amide bonds. The average Bonchev–Trinajstić information content (AvgIpc) is 3.23. The van der Waals surface area contributed by atoms with Gasteiger partial charge in [0.05, 0.1) is 10.4 Å². The number of carbonyl (C=O) groups is 2. The van der Waals surface area contributed by atoms with Gasteiger partial charge < -0.3 is 20.9 Å². The van der Waals surface area contributed by atoms with E-state index in [2.05, 4.69) is 20.9 Å². The van der Waals surface area contributed by atoms with Crippen molar-refractivity contribution in [3.63, 3.8) is 0 Å². The predicted molar refractivity (Wildman–Crippen MR) is 134 cm³/mol. The number of halogens is 4. The van der Waals surface area contributed by atoms with Gasteiger partial charge in [0, 0.05) is 28.7 Å². The Morgan fingerprint density at radius 2 is 1.69 bits per heavy atom. The highest BCUT2D eigenvalue weighted by Crippen LogP contribution is 2.32. The molecule has 3 fully saturated rings. The molecule has 0 radical (unpaired) electrons. The molecule has 3 N–H and O–H groups in total. The highest BCUT2D eigenvalue weighted by Gasteiger charge is 2.35. The smallest absolute Gasteiger partial charge is 0.347 e. The number of amides is 3. The van der Waals surface area contributed by atoms with Crippen molar-refractivity contribution in [2.75, 3.05) is 30.3 Å². The van der Waals surface area contributed by atoms with E-state index in [0.717, 1.165) is 54.7 Å². The van der Waals surface area contributed by atoms with E-state index in [0.29, 0.717) is 16.5 Å². The molecule has 3 aliphatic heterocycles. The van der Waals surface area contributed by atoms with Crippen LogP contribution in [0.1, 0.15) is 28.1 Å². The third-order valence-electron chi connectivity index (χ3n) is 6.42. The van der Waals surface area contributed by atoms with E-state index >= 15 is 0 Å². The maximum absolute atomic E-state index is 12.9. The molecule has 0 spiro atoms. The second-order valence-corrected chi connectivity index (χ2v) is 9.82. The molecule has 0 aliphatic carbocycles. The maximum atomic E-state index is 12.9. The fraction of sp³-hybridized carbons (Fsp3) is 0.333. The number of alkyl halides is 3. The van der Waals surface area contributed by atoms with Gasteiger partial charge in [0.25, 0.3) is 5.91 Å². The molecule has 6 rings (SSSR count). The minimum Gasteiger partial charge on any atom is -0.347 e. The zero-order valence-electron chi connectivity index (χ0n) is 18.5. The molecule has 1 aromatic heterocycles. The minimum absolute atomic E-state index is 0. The summed E-state index contributed by atoms with van der Waals surface area (Å²) < 4.78 is 39.4. The van der Waals surface area contributed by atoms with Crippen LogP contribution in [0.2, 0.25) is 0 Å². The summed E-state index contributed by atoms with van der Waals surface area (Å²) >= 11 is 1.34. The van der Waals surface area contributed by atoms with Gasteiger partial charge in [0.2, 0.25) is 0 Å². The molecule has 3 saturated heterocycles. The number of fused-ring (bicyclic) bond motifs is 4. The molecular formula is C24H24ClF3N4O2S. The zero-order chi connectivity index (χ0) is 23.9. The molecule has 11 heteroatoms. The number of urea groups is 1. The van der Waals surface area contributed by atoms with Crippen LogP contribution in [0.3, 0.4) is 0 Å². The van der Waals surface area contributed by atoms with Crippen LogP contribution in [0.25, 0.3) is 10.1 Å². The van der Waals surface area contributed by atoms with E-state index in [-0.39, 0.29) is 30.0 Å². The summed E-state index contributed by atoms with van der Waals surface area (Å²) in [6.45, 7) is 3.12. The first-order valence-electron chi connectivity index (χ1n) is 11.1. The first-order chi connectivity index (χ1) is 16.2. The van der Waals surface area contributed by atoms with Gasteiger partial charge >= 0.3 is 12.2 Å². The lowest BCUT2D eigenvalue weighted by molar-refractivity contribution is -0.137. The first-order valence-corrected chi connectivity index (χ1v) is 11.9. The van der Waals surface area contributed by atoms with Crippen molar-refractivity contribution in [3.05, 3.63) is 59.0 Å². The van der Waals surface area contributed by atoms with Crippen LogP contribution in [0.5, 0.6) is 0 Å². The van der Waals surface area contributed by atoms with Crippen molar-refractivity contribution in [2.45, 2.75) is 25.1 Å². The van der Waals surface area contributed by atoms with Gasteiger partial charge in [-0.1, -0.05) is 12.1 Å². The fourth-order valence-corrected chi connectivity index (χ4v) is 5.66. The van der Waals surface area contributed by atoms with Gasteiger partial charge in [-0.3, -0.25) is 4.79 Å². The summed E-state index contributed by atoms with van der Waals surface area (Å²) in [6, 6.07) is 11.0. The van der Waals surface area contributed by atoms with Gasteiger partial charge in [-0.15, -0.1) is 23.7 Å². The van der Waals surface area contributed by atoms with Crippen LogP contribution in [-0.2, 0) is 6.18 Å². The Hall–Kier alpha value is -2.82. The summed E-state index contributed by atoms with van der Waals surface area (Å²) in [6.07, 6.45) is -2.25. The predicted octanol–water partition coefficient (Wildman–Crippen LogP) is 5.81. The molecule has 0 unspecified atom stereocenters. The van der Waals surface area contributed by atoms with Crippen molar-refractivity contribution in [1.82, 2.24) is 10.2 Å². The van der Waals surface area contributed by atoms with Crippen LogP contribution < -0.4 is 16.0 Å². The van der Waals surface area contributed by atoms with Crippen molar-refractivity contribution < 1.29 is 22.8 Å². The van der Waals surface area contributed by atoms with Crippen molar-refractivity contribution >= 4 is 57.1 Å². The monoisotopic (exact) mass is 524 g/mol. The normalized spacial score (nSPS) is 21.3. The van der Waals surface area contributed by atoms with Gasteiger partial charge in [-0.2, -0.15) is 13.2 Å². The van der Waals surface area contributed by atoms with E-state index < -0.39 is 17.8 Å². The average molecular weight is 525 g/mol. The summed E-state index contributed by atoms with van der Waals surface area (Å²) in [5.41, 5.74) is -0.325. The summed E-state index contributed by atoms with van der Waals surface area (Å²) in [7, 11) is 0. The van der Waals surface area contributed by atoms with E-state index in [4.69, 9.17) is 0 Å². The number of hydrogen-bond acceptors (Lipinski definition) is 4. The highest BCUT2D eigenvalue weighted by molar-refractivity contribution is 7.20. The Balaban J connectivity index is 0.00000289. The van der Waals surface area contributed by atoms with E-state index in [1.807, 2.05) is 6.07 Å². The molecule has 3 aliphatic rings. The third kappa shape index (κ3) is 5.71. The number of nitrogens with one attached hydrogen (secondary N) is 3. The van der Waals surface area contributed by atoms with Crippen LogP contribution in [0.4, 0.5) is 29.3 Å². The van der Waals surface area contributed by atoms with Gasteiger partial charge in [0.1, 0.15) is 0 Å². The molecule has 2 aromatic carbocycles. The van der Waals surface area contributed by atoms with Crippen molar-refractivity contribution in [2.24, 2.45) is 5.92 Å². The number of thiophene rings is 1. The van der Waals surface area contributed by atoms with Crippen molar-refractivity contribution in [3.8, 4) is 0 Å². The Morgan fingerprint density at radius 1 is 0.971 bits per heavy atom. The lowest BCUT2D eigenvalue weighted by Gasteiger charge is -2.44. The zero-order valence-corrected chi connectivity index (χ0v) is 20.2. The molecule has 2 bridgehead atoms. The van der Waals surface area contributed by atoms with Gasteiger partial charge in [-0.05, 0) is 73.6 Å². The first kappa shape index (κ1) is 25.3. The number of benzene rings is 2. The molecule has 4 heterocycles. The second-order valence-electron chi connectivity index (χ2n) is 8.74. The number of carbonyl (C=O) groups excluding carboxylic acids is 2. The SMILES string of the molecule is Cl.O=C(Nc1cccc(C(F)(F)F)c1)Nc1ccc2cc(C(=O)N[C@H]3CN4CCC3CC4)sc2c1. The number of nitrogens with zero attached hydrogens (tertiary/aromatic N) is 1. The number of piperidine rings is 3. The van der Waals surface area contributed by atoms with Crippen molar-refractivity contribution in [1.29, 1.82) is 0 Å².